The van der Waals surface area contributed by atoms with Crippen molar-refractivity contribution in [3.8, 4) is 0 Å². The van der Waals surface area contributed by atoms with E-state index < -0.39 is 0 Å². The van der Waals surface area contributed by atoms with Gasteiger partial charge in [0.25, 0.3) is 0 Å². The van der Waals surface area contributed by atoms with E-state index in [4.69, 9.17) is 0 Å². The van der Waals surface area contributed by atoms with Gasteiger partial charge in [0.15, 0.2) is 0 Å². The summed E-state index contributed by atoms with van der Waals surface area (Å²) in [6.45, 7) is 22.3. The molecule has 2 rings (SSSR count). The lowest BCUT2D eigenvalue weighted by molar-refractivity contribution is -0.120. The minimum absolute atomic E-state index is 0.0700. The van der Waals surface area contributed by atoms with Crippen LogP contribution in [0.25, 0.3) is 0 Å². The van der Waals surface area contributed by atoms with Gasteiger partial charge >= 0.3 is 0 Å². The molecule has 0 saturated heterocycles. The molecular weight excluding hydrogens is 380 g/mol. The molecule has 0 aliphatic rings. The first-order valence-electron chi connectivity index (χ1n) is 12.2. The molecule has 0 spiro atoms. The molecule has 1 N–H and O–H groups in total. The van der Waals surface area contributed by atoms with E-state index in [9.17, 15) is 4.79 Å². The van der Waals surface area contributed by atoms with Gasteiger partial charge in [0.2, 0.25) is 5.91 Å². The second-order valence-electron chi connectivity index (χ2n) is 5.72. The van der Waals surface area contributed by atoms with E-state index in [1.54, 1.807) is 7.05 Å². The van der Waals surface area contributed by atoms with E-state index in [-0.39, 0.29) is 5.91 Å². The first-order valence-corrected chi connectivity index (χ1v) is 12.2. The third-order valence-corrected chi connectivity index (χ3v) is 3.55. The number of amides is 1. The van der Waals surface area contributed by atoms with Crippen molar-refractivity contribution in [1.82, 2.24) is 10.3 Å². The quantitative estimate of drug-likeness (QED) is 0.518. The lowest BCUT2D eigenvalue weighted by Gasteiger charge is -2.00. The fourth-order valence-electron chi connectivity index (χ4n) is 2.07. The van der Waals surface area contributed by atoms with Gasteiger partial charge in [-0.05, 0) is 43.9 Å². The van der Waals surface area contributed by atoms with Crippen molar-refractivity contribution >= 4 is 5.91 Å². The van der Waals surface area contributed by atoms with Gasteiger partial charge in [-0.1, -0.05) is 105 Å². The van der Waals surface area contributed by atoms with Crippen LogP contribution in [-0.2, 0) is 17.6 Å². The van der Waals surface area contributed by atoms with E-state index in [1.165, 1.54) is 24.0 Å². The zero-order valence-corrected chi connectivity index (χ0v) is 22.7. The van der Waals surface area contributed by atoms with Gasteiger partial charge in [-0.3, -0.25) is 9.78 Å². The van der Waals surface area contributed by atoms with Crippen molar-refractivity contribution in [2.75, 3.05) is 7.05 Å². The number of nitrogens with zero attached hydrogens (tertiary/aromatic N) is 1. The van der Waals surface area contributed by atoms with Gasteiger partial charge < -0.3 is 5.32 Å². The maximum Gasteiger partial charge on any atom is 0.220 e. The molecule has 1 aromatic heterocycles. The fraction of sp³-hybridized carbons (Fsp3) is 0.571. The first-order chi connectivity index (χ1) is 15.0. The molecule has 0 radical (unpaired) electrons. The summed E-state index contributed by atoms with van der Waals surface area (Å²) in [6.07, 6.45) is 5.55. The van der Waals surface area contributed by atoms with Crippen molar-refractivity contribution in [2.24, 2.45) is 0 Å². The largest absolute Gasteiger partial charge is 0.359 e. The summed E-state index contributed by atoms with van der Waals surface area (Å²) in [5.41, 5.74) is 4.91. The summed E-state index contributed by atoms with van der Waals surface area (Å²) in [5.74, 6) is 0.0700. The van der Waals surface area contributed by atoms with Crippen LogP contribution in [0, 0.1) is 13.8 Å². The van der Waals surface area contributed by atoms with E-state index in [1.807, 2.05) is 80.6 Å². The molecular formula is C28H52N2O. The molecule has 0 bridgehead atoms. The van der Waals surface area contributed by atoms with E-state index in [0.717, 1.165) is 17.7 Å². The standard InChI is InChI=1S/C10H14N2O.C10H14.4C2H6/c1-8-3-4-9(7-12-8)5-6-10(13)11-2;1-3-4-10-7-5-9(2)6-8-10;4*1-2/h3-4,7H,5-6H2,1-2H3,(H,11,13);5-8H,3-4H2,1-2H3;4*1-2H3. The van der Waals surface area contributed by atoms with E-state index >= 15 is 0 Å². The van der Waals surface area contributed by atoms with Gasteiger partial charge in [0.05, 0.1) is 0 Å². The average Bonchev–Trinajstić information content (AvgIpc) is 2.85. The Morgan fingerprint density at radius 1 is 0.774 bits per heavy atom. The number of carbonyl (C=O) groups is 1. The highest BCUT2D eigenvalue weighted by atomic mass is 16.1. The molecule has 1 heterocycles. The Bertz CT molecular complexity index is 575. The molecule has 0 aliphatic heterocycles. The topological polar surface area (TPSA) is 42.0 Å². The number of hydrogen-bond acceptors (Lipinski definition) is 2. The van der Waals surface area contributed by atoms with Crippen molar-refractivity contribution in [3.63, 3.8) is 0 Å². The van der Waals surface area contributed by atoms with Crippen LogP contribution in [0.15, 0.2) is 42.6 Å². The summed E-state index contributed by atoms with van der Waals surface area (Å²) in [7, 11) is 1.65. The molecule has 0 unspecified atom stereocenters. The third kappa shape index (κ3) is 24.0. The van der Waals surface area contributed by atoms with Crippen molar-refractivity contribution in [1.29, 1.82) is 0 Å². The van der Waals surface area contributed by atoms with Gasteiger partial charge in [0.1, 0.15) is 0 Å². The number of aromatic nitrogens is 1. The van der Waals surface area contributed by atoms with Crippen molar-refractivity contribution in [2.45, 2.75) is 102 Å². The van der Waals surface area contributed by atoms with Crippen LogP contribution < -0.4 is 5.32 Å². The van der Waals surface area contributed by atoms with Crippen LogP contribution in [0.2, 0.25) is 0 Å². The highest BCUT2D eigenvalue weighted by Gasteiger charge is 1.99. The Hall–Kier alpha value is -2.16. The maximum absolute atomic E-state index is 10.9. The second-order valence-corrected chi connectivity index (χ2v) is 5.72. The van der Waals surface area contributed by atoms with Crippen LogP contribution in [-0.4, -0.2) is 17.9 Å². The van der Waals surface area contributed by atoms with Crippen molar-refractivity contribution in [3.05, 3.63) is 65.0 Å². The van der Waals surface area contributed by atoms with E-state index in [0.29, 0.717) is 6.42 Å². The number of hydrogen-bond donors (Lipinski definition) is 1. The third-order valence-electron chi connectivity index (χ3n) is 3.55. The van der Waals surface area contributed by atoms with Crippen LogP contribution in [0.1, 0.15) is 97.5 Å². The molecule has 180 valence electrons. The molecule has 0 fully saturated rings. The lowest BCUT2D eigenvalue weighted by atomic mass is 10.1. The molecule has 2 aromatic rings. The average molecular weight is 433 g/mol. The Morgan fingerprint density at radius 3 is 1.65 bits per heavy atom. The Labute approximate surface area is 195 Å². The Morgan fingerprint density at radius 2 is 1.26 bits per heavy atom. The predicted octanol–water partition coefficient (Wildman–Crippen LogP) is 8.12. The normalized spacial score (nSPS) is 8.00. The van der Waals surface area contributed by atoms with Gasteiger partial charge in [0, 0.05) is 25.4 Å². The van der Waals surface area contributed by atoms with Crippen molar-refractivity contribution < 1.29 is 4.79 Å². The number of carbonyl (C=O) groups excluding carboxylic acids is 1. The zero-order chi connectivity index (χ0) is 25.1. The van der Waals surface area contributed by atoms with Gasteiger partial charge in [-0.25, -0.2) is 0 Å². The second kappa shape index (κ2) is 30.0. The number of nitrogens with one attached hydrogen (secondary N) is 1. The minimum atomic E-state index is 0.0700. The molecule has 0 atom stereocenters. The molecule has 1 aromatic carbocycles. The fourth-order valence-corrected chi connectivity index (χ4v) is 2.07. The zero-order valence-electron chi connectivity index (χ0n) is 22.7. The minimum Gasteiger partial charge on any atom is -0.359 e. The SMILES string of the molecule is CC.CC.CC.CC.CCCc1ccc(C)cc1.CNC(=O)CCc1ccc(C)nc1. The highest BCUT2D eigenvalue weighted by Crippen LogP contribution is 2.04. The molecule has 0 aliphatic carbocycles. The lowest BCUT2D eigenvalue weighted by Crippen LogP contribution is -2.17. The molecule has 3 heteroatoms. The molecule has 31 heavy (non-hydrogen) atoms. The summed E-state index contributed by atoms with van der Waals surface area (Å²) in [5, 5.41) is 2.59. The molecule has 3 nitrogen and oxygen atoms in total. The van der Waals surface area contributed by atoms with Crippen LogP contribution in [0.3, 0.4) is 0 Å². The van der Waals surface area contributed by atoms with Gasteiger partial charge in [-0.2, -0.15) is 0 Å². The van der Waals surface area contributed by atoms with Crippen LogP contribution in [0.4, 0.5) is 0 Å². The first kappa shape index (κ1) is 36.2. The summed E-state index contributed by atoms with van der Waals surface area (Å²) < 4.78 is 0. The molecule has 0 saturated carbocycles. The van der Waals surface area contributed by atoms with Crippen LogP contribution >= 0.6 is 0 Å². The predicted molar refractivity (Wildman–Crippen MR) is 142 cm³/mol. The summed E-state index contributed by atoms with van der Waals surface area (Å²) in [4.78, 5) is 15.1. The van der Waals surface area contributed by atoms with E-state index in [2.05, 4.69) is 48.4 Å². The number of benzene rings is 1. The number of pyridine rings is 1. The monoisotopic (exact) mass is 432 g/mol. The Kier molecular flexibility index (Phi) is 35.1. The summed E-state index contributed by atoms with van der Waals surface area (Å²) in [6, 6.07) is 12.7. The summed E-state index contributed by atoms with van der Waals surface area (Å²) >= 11 is 0. The smallest absolute Gasteiger partial charge is 0.220 e. The number of rotatable bonds is 5. The maximum atomic E-state index is 10.9. The van der Waals surface area contributed by atoms with Gasteiger partial charge in [-0.15, -0.1) is 0 Å². The molecule has 1 amide bonds. The number of aryl methyl sites for hydroxylation is 4. The highest BCUT2D eigenvalue weighted by molar-refractivity contribution is 5.75. The van der Waals surface area contributed by atoms with Crippen LogP contribution in [0.5, 0.6) is 0 Å². The Balaban J connectivity index is -0.000000180.